The molecule has 276 valence electrons. The number of carbonyl (C=O) groups is 2. The van der Waals surface area contributed by atoms with Gasteiger partial charge in [-0.3, -0.25) is 19.0 Å². The molecule has 1 atom stereocenters. The van der Waals surface area contributed by atoms with Gasteiger partial charge in [0.2, 0.25) is 11.8 Å². The maximum Gasteiger partial charge on any atom is 0.238 e. The number of halogens is 1. The van der Waals surface area contributed by atoms with E-state index in [-0.39, 0.29) is 11.8 Å². The van der Waals surface area contributed by atoms with Crippen molar-refractivity contribution in [2.75, 3.05) is 10.6 Å². The minimum absolute atomic E-state index is 0.00660. The Bertz CT molecular complexity index is 2500. The third-order valence-electron chi connectivity index (χ3n) is 10.7. The number of aromatic nitrogens is 8. The van der Waals surface area contributed by atoms with Gasteiger partial charge in [-0.15, -0.1) is 0 Å². The number of carbonyl (C=O) groups excluding carboxylic acids is 2. The number of fused-ring (bicyclic) bond motifs is 4. The van der Waals surface area contributed by atoms with Gasteiger partial charge in [0.15, 0.2) is 22.7 Å². The van der Waals surface area contributed by atoms with Gasteiger partial charge < -0.3 is 10.6 Å². The predicted molar refractivity (Wildman–Crippen MR) is 208 cm³/mol. The van der Waals surface area contributed by atoms with E-state index in [0.29, 0.717) is 52.0 Å². The van der Waals surface area contributed by atoms with Gasteiger partial charge >= 0.3 is 0 Å². The second-order valence-corrected chi connectivity index (χ2v) is 14.5. The maximum atomic E-state index is 12.7. The lowest BCUT2D eigenvalue weighted by Crippen LogP contribution is -2.15. The van der Waals surface area contributed by atoms with Crippen LogP contribution in [0.3, 0.4) is 0 Å². The molecule has 55 heavy (non-hydrogen) atoms. The molecule has 2 aromatic carbocycles. The number of amides is 2. The summed E-state index contributed by atoms with van der Waals surface area (Å²) >= 11 is 6.00. The van der Waals surface area contributed by atoms with Crippen molar-refractivity contribution >= 4 is 68.2 Å². The number of nitrogens with zero attached hydrogens (tertiary/aromatic N) is 10. The number of nitrogens with one attached hydrogen (secondary N) is 2. The smallest absolute Gasteiger partial charge is 0.238 e. The van der Waals surface area contributed by atoms with E-state index in [1.165, 1.54) is 64.0 Å². The van der Waals surface area contributed by atoms with Crippen molar-refractivity contribution in [3.8, 4) is 0 Å². The normalized spacial score (nSPS) is 17.8. The molecule has 4 aliphatic rings. The van der Waals surface area contributed by atoms with Crippen LogP contribution in [0.2, 0.25) is 5.15 Å². The molecule has 0 saturated heterocycles. The number of benzene rings is 2. The summed E-state index contributed by atoms with van der Waals surface area (Å²) in [6, 6.07) is 11.4. The second-order valence-electron chi connectivity index (χ2n) is 14.2. The highest BCUT2D eigenvalue weighted by atomic mass is 35.5. The van der Waals surface area contributed by atoms with E-state index >= 15 is 0 Å². The van der Waals surface area contributed by atoms with Crippen LogP contribution in [0.4, 0.5) is 22.7 Å². The van der Waals surface area contributed by atoms with Crippen molar-refractivity contribution in [3.05, 3.63) is 106 Å². The first-order valence-corrected chi connectivity index (χ1v) is 18.9. The molecule has 1 unspecified atom stereocenters. The third kappa shape index (κ3) is 7.46. The molecule has 2 aliphatic heterocycles. The maximum absolute atomic E-state index is 12.7. The van der Waals surface area contributed by atoms with E-state index in [9.17, 15) is 9.59 Å². The molecule has 10 rings (SSSR count). The van der Waals surface area contributed by atoms with Crippen LogP contribution in [0.25, 0.3) is 31.8 Å². The van der Waals surface area contributed by atoms with E-state index in [1.807, 2.05) is 21.8 Å². The molecule has 2 N–H and O–H groups in total. The topological polar surface area (TPSA) is 154 Å². The highest BCUT2D eigenvalue weighted by Crippen LogP contribution is 2.41. The van der Waals surface area contributed by atoms with Crippen molar-refractivity contribution in [2.24, 2.45) is 0 Å². The molecule has 2 fully saturated rings. The van der Waals surface area contributed by atoms with Crippen LogP contribution in [0.1, 0.15) is 99.0 Å². The molecule has 15 heteroatoms. The zero-order valence-electron chi connectivity index (χ0n) is 30.0. The van der Waals surface area contributed by atoms with E-state index in [4.69, 9.17) is 24.7 Å². The highest BCUT2D eigenvalue weighted by Gasteiger charge is 2.35. The van der Waals surface area contributed by atoms with Crippen molar-refractivity contribution < 1.29 is 9.59 Å². The zero-order valence-corrected chi connectivity index (χ0v) is 30.7. The Morgan fingerprint density at radius 1 is 0.691 bits per heavy atom. The first-order chi connectivity index (χ1) is 26.9. The molecule has 2 amide bonds. The predicted octanol–water partition coefficient (Wildman–Crippen LogP) is 8.68. The Balaban J connectivity index is 0.000000129. The first kappa shape index (κ1) is 35.8. The largest absolute Gasteiger partial charge is 0.326 e. The summed E-state index contributed by atoms with van der Waals surface area (Å²) in [5.41, 5.74) is 6.37. The molecule has 0 radical (unpaired) electrons. The summed E-state index contributed by atoms with van der Waals surface area (Å²) < 4.78 is 4.02. The molecule has 0 bridgehead atoms. The third-order valence-corrected chi connectivity index (χ3v) is 11.0. The molecular weight excluding hydrogens is 716 g/mol. The molecule has 2 aliphatic carbocycles. The lowest BCUT2D eigenvalue weighted by Gasteiger charge is -2.21. The number of hydrogen-bond acceptors (Lipinski definition) is 8. The van der Waals surface area contributed by atoms with Gasteiger partial charge in [-0.2, -0.15) is 10.2 Å². The fourth-order valence-corrected chi connectivity index (χ4v) is 8.05. The molecule has 6 aromatic rings. The van der Waals surface area contributed by atoms with E-state index < -0.39 is 5.92 Å². The minimum atomic E-state index is -0.545. The average Bonchev–Trinajstić information content (AvgIpc) is 4.02. The Morgan fingerprint density at radius 2 is 1.27 bits per heavy atom. The fourth-order valence-electron chi connectivity index (χ4n) is 7.87. The highest BCUT2D eigenvalue weighted by molar-refractivity contribution is 6.33. The van der Waals surface area contributed by atoms with Gasteiger partial charge in [-0.25, -0.2) is 29.6 Å². The quantitative estimate of drug-likeness (QED) is 0.134. The number of anilines is 2. The Hall–Kier alpha value is -6.25. The molecule has 2 saturated carbocycles. The van der Waals surface area contributed by atoms with E-state index in [0.717, 1.165) is 46.1 Å². The van der Waals surface area contributed by atoms with Crippen LogP contribution in [0.15, 0.2) is 61.4 Å². The Labute approximate surface area is 322 Å². The minimum Gasteiger partial charge on any atom is -0.326 e. The lowest BCUT2D eigenvalue weighted by molar-refractivity contribution is -0.116. The zero-order chi connectivity index (χ0) is 37.9. The van der Waals surface area contributed by atoms with Gasteiger partial charge in [0, 0.05) is 23.8 Å². The average molecular weight is 753 g/mol. The van der Waals surface area contributed by atoms with Crippen LogP contribution >= 0.6 is 11.6 Å². The van der Waals surface area contributed by atoms with Gasteiger partial charge in [-0.05, 0) is 48.9 Å². The van der Waals surface area contributed by atoms with Gasteiger partial charge in [0.1, 0.15) is 23.7 Å². The standard InChI is InChI=1S/C20H18N6O.C11H13ClN4.C9H6N2O/c1-21-12-7-8-16-14(9-12)17(20(27)24-16)18-15-10-26(13-5-3-2-4-6-13)25-19(15)23-11-22-18;12-10-9-6-16(8-4-2-1-3-5-8)15-11(9)14-7-13-10;1-10-7-2-3-8-6(4-7)5-9(12)11-8/h7-11,13,17H,2-6H2,(H,24,27);6-8H,1-5H2;2-4H,5H2,(H,11,12). The van der Waals surface area contributed by atoms with Gasteiger partial charge in [0.25, 0.3) is 0 Å². The lowest BCUT2D eigenvalue weighted by atomic mass is 9.94. The first-order valence-electron chi connectivity index (χ1n) is 18.6. The summed E-state index contributed by atoms with van der Waals surface area (Å²) in [7, 11) is 0. The van der Waals surface area contributed by atoms with Crippen molar-refractivity contribution in [2.45, 2.75) is 88.6 Å². The monoisotopic (exact) mass is 752 g/mol. The van der Waals surface area contributed by atoms with Crippen LogP contribution in [-0.2, 0) is 16.0 Å². The van der Waals surface area contributed by atoms with Gasteiger partial charge in [0.05, 0.1) is 48.1 Å². The Kier molecular flexibility index (Phi) is 10.2. The summed E-state index contributed by atoms with van der Waals surface area (Å²) in [4.78, 5) is 47.3. The molecule has 6 heterocycles. The summed E-state index contributed by atoms with van der Waals surface area (Å²) in [6.07, 6.45) is 19.6. The summed E-state index contributed by atoms with van der Waals surface area (Å²) in [6.45, 7) is 14.0. The SMILES string of the molecule is Clc1ncnc2nn(C3CCCCC3)cc12.[C-]#[N+]c1ccc2c(c1)C(c1ncnc3nn(C4CCCCC4)cc13)C(=O)N2.[C-]#[N+]c1ccc2c(c1)CC(=O)N2. The van der Waals surface area contributed by atoms with Crippen molar-refractivity contribution in [1.29, 1.82) is 0 Å². The van der Waals surface area contributed by atoms with Gasteiger partial charge in [-0.1, -0.05) is 74.4 Å². The summed E-state index contributed by atoms with van der Waals surface area (Å²) in [5.74, 6) is -0.666. The molecule has 14 nitrogen and oxygen atoms in total. The number of hydrogen-bond donors (Lipinski definition) is 2. The number of rotatable bonds is 3. The van der Waals surface area contributed by atoms with Crippen LogP contribution in [0, 0.1) is 13.1 Å². The van der Waals surface area contributed by atoms with Crippen molar-refractivity contribution in [3.63, 3.8) is 0 Å². The molecule has 4 aromatic heterocycles. The van der Waals surface area contributed by atoms with Crippen LogP contribution in [0.5, 0.6) is 0 Å². The fraction of sp³-hybridized carbons (Fsp3) is 0.350. The second kappa shape index (κ2) is 15.6. The molecular formula is C40H37ClN12O2. The Morgan fingerprint density at radius 3 is 1.91 bits per heavy atom. The van der Waals surface area contributed by atoms with E-state index in [2.05, 4.69) is 50.5 Å². The summed E-state index contributed by atoms with van der Waals surface area (Å²) in [5, 5.41) is 16.9. The van der Waals surface area contributed by atoms with E-state index in [1.54, 1.807) is 36.4 Å². The van der Waals surface area contributed by atoms with Crippen LogP contribution in [-0.4, -0.2) is 51.3 Å². The molecule has 0 spiro atoms. The van der Waals surface area contributed by atoms with Crippen molar-refractivity contribution in [1.82, 2.24) is 39.5 Å². The van der Waals surface area contributed by atoms with Crippen LogP contribution < -0.4 is 10.6 Å².